The fraction of sp³-hybridized carbons (Fsp3) is 0.600. The molecule has 0 amide bonds. The van der Waals surface area contributed by atoms with Gasteiger partial charge in [0, 0.05) is 18.6 Å². The van der Waals surface area contributed by atoms with Gasteiger partial charge in [-0.3, -0.25) is 0 Å². The zero-order valence-electron chi connectivity index (χ0n) is 13.2. The van der Waals surface area contributed by atoms with Crippen LogP contribution in [0, 0.1) is 0 Å². The van der Waals surface area contributed by atoms with E-state index in [1.54, 1.807) is 12.1 Å². The Balaban J connectivity index is 2.68. The van der Waals surface area contributed by atoms with E-state index in [1.807, 2.05) is 20.2 Å². The standard InChI is InChI=1S/C15H24F2N2O2/c1-15(2,19(3)4)10-18-9-11-6-7-12(20-5)13(8-11)21-14(16)17/h6-8,14,18H,9-10H2,1-5H3. The summed E-state index contributed by atoms with van der Waals surface area (Å²) in [5.41, 5.74) is 0.871. The molecule has 0 unspecified atom stereocenters. The van der Waals surface area contributed by atoms with E-state index in [0.717, 1.165) is 12.1 Å². The third-order valence-corrected chi connectivity index (χ3v) is 3.54. The van der Waals surface area contributed by atoms with Crippen LogP contribution >= 0.6 is 0 Å². The zero-order valence-corrected chi connectivity index (χ0v) is 13.2. The number of nitrogens with zero attached hydrogens (tertiary/aromatic N) is 1. The van der Waals surface area contributed by atoms with Crippen LogP contribution in [0.2, 0.25) is 0 Å². The average molecular weight is 302 g/mol. The summed E-state index contributed by atoms with van der Waals surface area (Å²) in [4.78, 5) is 2.12. The third-order valence-electron chi connectivity index (χ3n) is 3.54. The Kier molecular flexibility index (Phi) is 6.36. The number of hydrogen-bond donors (Lipinski definition) is 1. The first-order chi connectivity index (χ1) is 9.76. The van der Waals surface area contributed by atoms with Gasteiger partial charge in [0.05, 0.1) is 7.11 Å². The van der Waals surface area contributed by atoms with E-state index >= 15 is 0 Å². The number of methoxy groups -OCH3 is 1. The fourth-order valence-corrected chi connectivity index (χ4v) is 1.69. The Morgan fingerprint density at radius 3 is 2.43 bits per heavy atom. The Hall–Kier alpha value is -1.40. The molecule has 0 saturated carbocycles. The molecular weight excluding hydrogens is 278 g/mol. The van der Waals surface area contributed by atoms with Crippen molar-refractivity contribution >= 4 is 0 Å². The highest BCUT2D eigenvalue weighted by molar-refractivity contribution is 5.42. The largest absolute Gasteiger partial charge is 0.493 e. The maximum atomic E-state index is 12.4. The minimum absolute atomic E-state index is 0.00870. The van der Waals surface area contributed by atoms with Crippen molar-refractivity contribution in [2.75, 3.05) is 27.7 Å². The van der Waals surface area contributed by atoms with Crippen molar-refractivity contribution in [2.24, 2.45) is 0 Å². The van der Waals surface area contributed by atoms with E-state index in [1.165, 1.54) is 7.11 Å². The quantitative estimate of drug-likeness (QED) is 0.800. The molecule has 0 fully saturated rings. The van der Waals surface area contributed by atoms with Crippen molar-refractivity contribution in [3.8, 4) is 11.5 Å². The molecule has 1 aromatic carbocycles. The highest BCUT2D eigenvalue weighted by atomic mass is 19.3. The van der Waals surface area contributed by atoms with Crippen LogP contribution in [0.15, 0.2) is 18.2 Å². The molecule has 1 rings (SSSR count). The van der Waals surface area contributed by atoms with Gasteiger partial charge in [0.2, 0.25) is 0 Å². The van der Waals surface area contributed by atoms with Crippen LogP contribution in [0.3, 0.4) is 0 Å². The van der Waals surface area contributed by atoms with E-state index in [-0.39, 0.29) is 11.3 Å². The zero-order chi connectivity index (χ0) is 16.0. The number of ether oxygens (including phenoxy) is 2. The smallest absolute Gasteiger partial charge is 0.387 e. The highest BCUT2D eigenvalue weighted by Gasteiger charge is 2.19. The van der Waals surface area contributed by atoms with Gasteiger partial charge in [-0.05, 0) is 45.6 Å². The van der Waals surface area contributed by atoms with Gasteiger partial charge in [-0.2, -0.15) is 8.78 Å². The van der Waals surface area contributed by atoms with Crippen LogP contribution in [0.25, 0.3) is 0 Å². The lowest BCUT2D eigenvalue weighted by Crippen LogP contribution is -2.46. The minimum Gasteiger partial charge on any atom is -0.493 e. The van der Waals surface area contributed by atoms with Crippen LogP contribution in [0.5, 0.6) is 11.5 Å². The molecule has 0 aliphatic rings. The van der Waals surface area contributed by atoms with Crippen molar-refractivity contribution in [3.05, 3.63) is 23.8 Å². The van der Waals surface area contributed by atoms with Crippen molar-refractivity contribution in [2.45, 2.75) is 32.5 Å². The van der Waals surface area contributed by atoms with Gasteiger partial charge in [-0.25, -0.2) is 0 Å². The Morgan fingerprint density at radius 1 is 1.24 bits per heavy atom. The van der Waals surface area contributed by atoms with Crippen molar-refractivity contribution < 1.29 is 18.3 Å². The second-order valence-corrected chi connectivity index (χ2v) is 5.67. The van der Waals surface area contributed by atoms with Crippen molar-refractivity contribution in [1.82, 2.24) is 10.2 Å². The molecule has 0 aliphatic heterocycles. The van der Waals surface area contributed by atoms with Crippen LogP contribution in [-0.2, 0) is 6.54 Å². The number of rotatable bonds is 8. The first kappa shape index (κ1) is 17.7. The fourth-order valence-electron chi connectivity index (χ4n) is 1.69. The van der Waals surface area contributed by atoms with Gasteiger partial charge in [-0.1, -0.05) is 6.07 Å². The number of nitrogens with one attached hydrogen (secondary N) is 1. The summed E-state index contributed by atoms with van der Waals surface area (Å²) in [7, 11) is 5.46. The van der Waals surface area contributed by atoms with E-state index < -0.39 is 6.61 Å². The number of alkyl halides is 2. The molecule has 0 saturated heterocycles. The molecule has 1 aromatic rings. The summed E-state index contributed by atoms with van der Waals surface area (Å²) < 4.78 is 34.2. The Bertz CT molecular complexity index is 451. The summed E-state index contributed by atoms with van der Waals surface area (Å²) in [6.45, 7) is 2.73. The lowest BCUT2D eigenvalue weighted by atomic mass is 10.0. The molecule has 0 aromatic heterocycles. The van der Waals surface area contributed by atoms with Gasteiger partial charge in [-0.15, -0.1) is 0 Å². The van der Waals surface area contributed by atoms with E-state index in [0.29, 0.717) is 12.3 Å². The van der Waals surface area contributed by atoms with Crippen LogP contribution in [0.1, 0.15) is 19.4 Å². The molecule has 0 spiro atoms. The lowest BCUT2D eigenvalue weighted by molar-refractivity contribution is -0.0512. The summed E-state index contributed by atoms with van der Waals surface area (Å²) >= 11 is 0. The van der Waals surface area contributed by atoms with Crippen LogP contribution in [-0.4, -0.2) is 44.8 Å². The number of hydrogen-bond acceptors (Lipinski definition) is 4. The highest BCUT2D eigenvalue weighted by Crippen LogP contribution is 2.29. The topological polar surface area (TPSA) is 33.7 Å². The molecule has 120 valence electrons. The predicted molar refractivity (Wildman–Crippen MR) is 79.1 cm³/mol. The molecule has 0 aliphatic carbocycles. The van der Waals surface area contributed by atoms with Gasteiger partial charge >= 0.3 is 6.61 Å². The summed E-state index contributed by atoms with van der Waals surface area (Å²) in [6, 6.07) is 5.03. The molecule has 0 heterocycles. The van der Waals surface area contributed by atoms with Crippen molar-refractivity contribution in [1.29, 1.82) is 0 Å². The first-order valence-electron chi connectivity index (χ1n) is 6.76. The monoisotopic (exact) mass is 302 g/mol. The maximum absolute atomic E-state index is 12.4. The Morgan fingerprint density at radius 2 is 1.90 bits per heavy atom. The van der Waals surface area contributed by atoms with E-state index in [4.69, 9.17) is 4.74 Å². The second kappa shape index (κ2) is 7.56. The molecule has 21 heavy (non-hydrogen) atoms. The lowest BCUT2D eigenvalue weighted by Gasteiger charge is -2.32. The van der Waals surface area contributed by atoms with Crippen molar-refractivity contribution in [3.63, 3.8) is 0 Å². The summed E-state index contributed by atoms with van der Waals surface area (Å²) in [6.07, 6.45) is 0. The van der Waals surface area contributed by atoms with Crippen LogP contribution < -0.4 is 14.8 Å². The molecule has 6 heteroatoms. The maximum Gasteiger partial charge on any atom is 0.387 e. The van der Waals surface area contributed by atoms with E-state index in [2.05, 4.69) is 28.8 Å². The van der Waals surface area contributed by atoms with Gasteiger partial charge in [0.15, 0.2) is 11.5 Å². The number of likely N-dealkylation sites (N-methyl/N-ethyl adjacent to an activating group) is 1. The SMILES string of the molecule is COc1ccc(CNCC(C)(C)N(C)C)cc1OC(F)F. The van der Waals surface area contributed by atoms with Crippen LogP contribution in [0.4, 0.5) is 8.78 Å². The molecule has 1 N–H and O–H groups in total. The Labute approximate surface area is 125 Å². The normalized spacial score (nSPS) is 12.0. The number of benzene rings is 1. The minimum atomic E-state index is -2.87. The summed E-state index contributed by atoms with van der Waals surface area (Å²) in [5.74, 6) is 0.353. The molecular formula is C15H24F2N2O2. The predicted octanol–water partition coefficient (Wildman–Crippen LogP) is 2.73. The third kappa shape index (κ3) is 5.47. The molecule has 0 atom stereocenters. The van der Waals surface area contributed by atoms with Gasteiger partial charge < -0.3 is 19.7 Å². The average Bonchev–Trinajstić information content (AvgIpc) is 2.38. The molecule has 4 nitrogen and oxygen atoms in total. The molecule has 0 bridgehead atoms. The molecule has 0 radical (unpaired) electrons. The van der Waals surface area contributed by atoms with Gasteiger partial charge in [0.25, 0.3) is 0 Å². The van der Waals surface area contributed by atoms with E-state index in [9.17, 15) is 8.78 Å². The second-order valence-electron chi connectivity index (χ2n) is 5.67. The summed E-state index contributed by atoms with van der Waals surface area (Å²) in [5, 5.41) is 3.32. The first-order valence-corrected chi connectivity index (χ1v) is 6.76. The number of halogens is 2. The van der Waals surface area contributed by atoms with Gasteiger partial charge in [0.1, 0.15) is 0 Å².